The van der Waals surface area contributed by atoms with Gasteiger partial charge in [-0.25, -0.2) is 4.99 Å². The summed E-state index contributed by atoms with van der Waals surface area (Å²) in [5.74, 6) is 0.733. The molecule has 2 aromatic rings. The molecule has 1 amide bonds. The summed E-state index contributed by atoms with van der Waals surface area (Å²) in [5.41, 5.74) is 1.49. The van der Waals surface area contributed by atoms with E-state index in [0.29, 0.717) is 20.8 Å². The van der Waals surface area contributed by atoms with Crippen LogP contribution in [0.25, 0.3) is 6.08 Å². The number of halogens is 1. The average Bonchev–Trinajstić information content (AvgIpc) is 3.05. The normalized spacial score (nSPS) is 20.6. The molecule has 1 saturated heterocycles. The summed E-state index contributed by atoms with van der Waals surface area (Å²) in [7, 11) is 1.63. The van der Waals surface area contributed by atoms with Crippen LogP contribution in [0.2, 0.25) is 5.02 Å². The lowest BCUT2D eigenvalue weighted by atomic mass is 9.94. The molecule has 0 spiro atoms. The molecule has 5 nitrogen and oxygen atoms in total. The second-order valence-corrected chi connectivity index (χ2v) is 8.46. The summed E-state index contributed by atoms with van der Waals surface area (Å²) < 4.78 is 5.44. The number of aliphatic imine (C=N–C) groups is 1. The molecule has 0 bridgehead atoms. The van der Waals surface area contributed by atoms with Gasteiger partial charge >= 0.3 is 0 Å². The quantitative estimate of drug-likeness (QED) is 0.589. The van der Waals surface area contributed by atoms with Crippen LogP contribution in [0.3, 0.4) is 0 Å². The lowest BCUT2D eigenvalue weighted by Gasteiger charge is -2.30. The van der Waals surface area contributed by atoms with E-state index in [2.05, 4.69) is 4.98 Å². The predicted molar refractivity (Wildman–Crippen MR) is 119 cm³/mol. The highest BCUT2D eigenvalue weighted by Crippen LogP contribution is 2.40. The fourth-order valence-electron chi connectivity index (χ4n) is 3.71. The van der Waals surface area contributed by atoms with Crippen LogP contribution >= 0.6 is 23.4 Å². The molecule has 2 heterocycles. The number of thioether (sulfide) groups is 1. The minimum absolute atomic E-state index is 0.00302. The summed E-state index contributed by atoms with van der Waals surface area (Å²) in [6, 6.07) is 9.62. The molecule has 4 rings (SSSR count). The Bertz CT molecular complexity index is 970. The van der Waals surface area contributed by atoms with E-state index in [1.54, 1.807) is 25.6 Å². The van der Waals surface area contributed by atoms with Gasteiger partial charge < -0.3 is 4.74 Å². The number of carbonyl (C=O) groups excluding carboxylic acids is 1. The monoisotopic (exact) mass is 427 g/mol. The maximum absolute atomic E-state index is 13.4. The average molecular weight is 428 g/mol. The van der Waals surface area contributed by atoms with Gasteiger partial charge in [-0.3, -0.25) is 14.7 Å². The Balaban J connectivity index is 1.74. The lowest BCUT2D eigenvalue weighted by Crippen LogP contribution is -2.40. The second-order valence-electron chi connectivity index (χ2n) is 7.04. The number of nitrogens with zero attached hydrogens (tertiary/aromatic N) is 3. The minimum atomic E-state index is -0.00302. The van der Waals surface area contributed by atoms with Gasteiger partial charge in [0.15, 0.2) is 5.17 Å². The Morgan fingerprint density at radius 2 is 2.03 bits per heavy atom. The van der Waals surface area contributed by atoms with Gasteiger partial charge in [0.25, 0.3) is 5.91 Å². The molecule has 7 heteroatoms. The first-order valence-electron chi connectivity index (χ1n) is 9.71. The Labute approximate surface area is 179 Å². The zero-order chi connectivity index (χ0) is 20.2. The third kappa shape index (κ3) is 4.33. The van der Waals surface area contributed by atoms with Crippen molar-refractivity contribution in [3.05, 3.63) is 58.2 Å². The Kier molecular flexibility index (Phi) is 6.21. The zero-order valence-electron chi connectivity index (χ0n) is 16.2. The molecule has 1 saturated carbocycles. The van der Waals surface area contributed by atoms with Crippen LogP contribution in [0.5, 0.6) is 5.75 Å². The largest absolute Gasteiger partial charge is 0.496 e. The molecule has 0 radical (unpaired) electrons. The maximum Gasteiger partial charge on any atom is 0.267 e. The summed E-state index contributed by atoms with van der Waals surface area (Å²) in [6.45, 7) is 0. The van der Waals surface area contributed by atoms with Gasteiger partial charge in [0, 0.05) is 24.0 Å². The van der Waals surface area contributed by atoms with Gasteiger partial charge in [-0.1, -0.05) is 49.1 Å². The van der Waals surface area contributed by atoms with Crippen LogP contribution in [0.4, 0.5) is 5.69 Å². The van der Waals surface area contributed by atoms with Crippen LogP contribution < -0.4 is 4.74 Å². The summed E-state index contributed by atoms with van der Waals surface area (Å²) >= 11 is 7.66. The van der Waals surface area contributed by atoms with Crippen molar-refractivity contribution in [3.8, 4) is 5.75 Å². The number of ether oxygens (including phenoxy) is 1. The topological polar surface area (TPSA) is 54.8 Å². The predicted octanol–water partition coefficient (Wildman–Crippen LogP) is 5.68. The molecule has 1 aliphatic carbocycles. The Morgan fingerprint density at radius 3 is 2.79 bits per heavy atom. The van der Waals surface area contributed by atoms with Crippen molar-refractivity contribution < 1.29 is 9.53 Å². The molecule has 2 aliphatic rings. The van der Waals surface area contributed by atoms with Gasteiger partial charge in [0.1, 0.15) is 5.75 Å². The summed E-state index contributed by atoms with van der Waals surface area (Å²) in [5, 5.41) is 1.15. The molecule has 0 N–H and O–H groups in total. The van der Waals surface area contributed by atoms with Crippen LogP contribution in [-0.2, 0) is 4.79 Å². The highest BCUT2D eigenvalue weighted by Gasteiger charge is 2.38. The van der Waals surface area contributed by atoms with Crippen molar-refractivity contribution in [3.63, 3.8) is 0 Å². The summed E-state index contributed by atoms with van der Waals surface area (Å²) in [4.78, 5) is 24.6. The van der Waals surface area contributed by atoms with Crippen molar-refractivity contribution in [2.45, 2.75) is 38.1 Å². The van der Waals surface area contributed by atoms with Crippen molar-refractivity contribution in [2.24, 2.45) is 4.99 Å². The van der Waals surface area contributed by atoms with Crippen molar-refractivity contribution in [1.29, 1.82) is 0 Å². The number of aromatic nitrogens is 1. The maximum atomic E-state index is 13.4. The van der Waals surface area contributed by atoms with Gasteiger partial charge in [-0.2, -0.15) is 0 Å². The van der Waals surface area contributed by atoms with E-state index in [1.807, 2.05) is 35.2 Å². The van der Waals surface area contributed by atoms with Crippen molar-refractivity contribution >= 4 is 46.2 Å². The summed E-state index contributed by atoms with van der Waals surface area (Å²) in [6.07, 6.45) is 10.6. The lowest BCUT2D eigenvalue weighted by molar-refractivity contribution is -0.124. The van der Waals surface area contributed by atoms with Gasteiger partial charge in [0.2, 0.25) is 0 Å². The number of rotatable bonds is 4. The molecule has 1 aromatic heterocycles. The van der Waals surface area contributed by atoms with Gasteiger partial charge in [-0.05, 0) is 42.8 Å². The highest BCUT2D eigenvalue weighted by atomic mass is 35.5. The highest BCUT2D eigenvalue weighted by molar-refractivity contribution is 8.18. The standard InChI is InChI=1S/C22H22ClN3O2S/c1-28-19-10-6-5-7-15(19)13-20-21(27)26(16-8-3-2-4-9-16)22(29-20)25-18-11-12-24-14-17(18)23/h5-7,10-14,16H,2-4,8-9H2,1H3/b20-13-,25-22?. The molecule has 2 fully saturated rings. The SMILES string of the molecule is COc1ccccc1/C=C1\SC(=Nc2ccncc2Cl)N(C2CCCCC2)C1=O. The third-order valence-corrected chi connectivity index (χ3v) is 6.44. The third-order valence-electron chi connectivity index (χ3n) is 5.17. The van der Waals surface area contributed by atoms with E-state index in [-0.39, 0.29) is 11.9 Å². The smallest absolute Gasteiger partial charge is 0.267 e. The second kappa shape index (κ2) is 9.01. The van der Waals surface area contributed by atoms with E-state index in [9.17, 15) is 4.79 Å². The molecule has 1 aromatic carbocycles. The molecular formula is C22H22ClN3O2S. The van der Waals surface area contributed by atoms with Crippen LogP contribution in [0.15, 0.2) is 52.6 Å². The minimum Gasteiger partial charge on any atom is -0.496 e. The van der Waals surface area contributed by atoms with Gasteiger partial charge in [0.05, 0.1) is 22.7 Å². The molecule has 1 aliphatic heterocycles. The van der Waals surface area contributed by atoms with E-state index < -0.39 is 0 Å². The number of hydrogen-bond donors (Lipinski definition) is 0. The first-order valence-corrected chi connectivity index (χ1v) is 10.9. The number of para-hydroxylation sites is 1. The van der Waals surface area contributed by atoms with E-state index in [0.717, 1.165) is 37.0 Å². The van der Waals surface area contributed by atoms with Gasteiger partial charge in [-0.15, -0.1) is 0 Å². The first kappa shape index (κ1) is 20.0. The molecule has 0 atom stereocenters. The molecule has 150 valence electrons. The fourth-order valence-corrected chi connectivity index (χ4v) is 4.92. The Hall–Kier alpha value is -2.31. The number of benzene rings is 1. The van der Waals surface area contributed by atoms with Crippen LogP contribution in [0, 0.1) is 0 Å². The van der Waals surface area contributed by atoms with E-state index in [4.69, 9.17) is 21.3 Å². The van der Waals surface area contributed by atoms with E-state index >= 15 is 0 Å². The Morgan fingerprint density at radius 1 is 1.24 bits per heavy atom. The first-order chi connectivity index (χ1) is 14.2. The molecule has 0 unspecified atom stereocenters. The zero-order valence-corrected chi connectivity index (χ0v) is 17.7. The number of amidine groups is 1. The number of amides is 1. The van der Waals surface area contributed by atoms with E-state index in [1.165, 1.54) is 18.2 Å². The fraction of sp³-hybridized carbons (Fsp3) is 0.318. The van der Waals surface area contributed by atoms with Crippen molar-refractivity contribution in [1.82, 2.24) is 9.88 Å². The number of methoxy groups -OCH3 is 1. The van der Waals surface area contributed by atoms with Crippen LogP contribution in [0.1, 0.15) is 37.7 Å². The molecule has 29 heavy (non-hydrogen) atoms. The van der Waals surface area contributed by atoms with Crippen LogP contribution in [-0.4, -0.2) is 34.1 Å². The number of hydrogen-bond acceptors (Lipinski definition) is 5. The molecular weight excluding hydrogens is 406 g/mol. The number of pyridine rings is 1. The van der Waals surface area contributed by atoms with Crippen molar-refractivity contribution in [2.75, 3.05) is 7.11 Å². The number of carbonyl (C=O) groups is 1.